The minimum atomic E-state index is -0.750. The van der Waals surface area contributed by atoms with Crippen molar-refractivity contribution in [1.29, 1.82) is 0 Å². The van der Waals surface area contributed by atoms with Crippen LogP contribution in [0.15, 0.2) is 34.9 Å². The zero-order chi connectivity index (χ0) is 12.1. The lowest BCUT2D eigenvalue weighted by atomic mass is 10.2. The van der Waals surface area contributed by atoms with Crippen molar-refractivity contribution >= 4 is 56.2 Å². The maximum absolute atomic E-state index is 10.8. The van der Waals surface area contributed by atoms with Gasteiger partial charge in [0.25, 0.3) is 5.91 Å². The van der Waals surface area contributed by atoms with Crippen LogP contribution in [-0.2, 0) is 0 Å². The molecule has 2 aromatic rings. The molecule has 7 heteroatoms. The summed E-state index contributed by atoms with van der Waals surface area (Å²) >= 11 is 14.4. The lowest BCUT2D eigenvalue weighted by Crippen LogP contribution is -2.09. The lowest BCUT2D eigenvalue weighted by molar-refractivity contribution is 0.100. The summed E-state index contributed by atoms with van der Waals surface area (Å²) in [5.41, 5.74) is 6.25. The van der Waals surface area contributed by atoms with Crippen LogP contribution in [0.25, 0.3) is 11.0 Å². The molecular weight excluding hydrogens is 271 g/mol. The van der Waals surface area contributed by atoms with Gasteiger partial charge in [-0.2, -0.15) is 34.4 Å². The normalized spacial score (nSPS) is 9.44. The smallest absolute Gasteiger partial charge is 0.450 e. The Hall–Kier alpha value is -0.835. The van der Waals surface area contributed by atoms with Crippen LogP contribution in [-0.4, -0.2) is 10.9 Å². The number of para-hydroxylation sites is 1. The first-order valence-corrected chi connectivity index (χ1v) is 5.51. The van der Waals surface area contributed by atoms with Crippen LogP contribution in [0.4, 0.5) is 0 Å². The minimum Gasteiger partial charge on any atom is -0.463 e. The first-order chi connectivity index (χ1) is 7.52. The molecule has 0 radical (unpaired) electrons. The summed E-state index contributed by atoms with van der Waals surface area (Å²) in [5, 5.41) is 0.769. The highest BCUT2D eigenvalue weighted by atomic mass is 35.6. The van der Waals surface area contributed by atoms with Crippen molar-refractivity contribution in [2.45, 2.75) is 0 Å². The maximum Gasteiger partial charge on any atom is 0.450 e. The fraction of sp³-hybridized carbons (Fsp3) is 0. The average Bonchev–Trinajstić information content (AvgIpc) is 2.59. The van der Waals surface area contributed by atoms with Crippen LogP contribution in [0.5, 0.6) is 0 Å². The summed E-state index contributed by atoms with van der Waals surface area (Å²) in [5.74, 6) is -0.458. The van der Waals surface area contributed by atoms with Crippen LogP contribution in [0.3, 0.4) is 0 Å². The van der Waals surface area contributed by atoms with Gasteiger partial charge in [-0.15, -0.1) is 0 Å². The van der Waals surface area contributed by atoms with Gasteiger partial charge >= 0.3 is 4.96 Å². The first-order valence-electron chi connectivity index (χ1n) is 4.20. The molecule has 3 nitrogen and oxygen atoms in total. The van der Waals surface area contributed by atoms with E-state index in [4.69, 9.17) is 44.5 Å². The van der Waals surface area contributed by atoms with Crippen molar-refractivity contribution in [2.75, 3.05) is 0 Å². The highest BCUT2D eigenvalue weighted by Crippen LogP contribution is 2.19. The van der Waals surface area contributed by atoms with Gasteiger partial charge in [0.1, 0.15) is 11.8 Å². The van der Waals surface area contributed by atoms with E-state index in [1.165, 1.54) is 6.26 Å². The van der Waals surface area contributed by atoms with Crippen LogP contribution < -0.4 is 5.73 Å². The molecule has 1 heterocycles. The van der Waals surface area contributed by atoms with E-state index in [0.717, 1.165) is 5.39 Å². The SMILES string of the molecule is ClB(Cl)Cl.NC(=O)c1coc2ccccc12. The lowest BCUT2D eigenvalue weighted by Gasteiger charge is -1.88. The minimum absolute atomic E-state index is 0.436. The molecule has 0 atom stereocenters. The van der Waals surface area contributed by atoms with Crippen molar-refractivity contribution in [1.82, 2.24) is 0 Å². The Labute approximate surface area is 107 Å². The average molecular weight is 278 g/mol. The monoisotopic (exact) mass is 277 g/mol. The van der Waals surface area contributed by atoms with E-state index in [2.05, 4.69) is 0 Å². The number of furan rings is 1. The van der Waals surface area contributed by atoms with Crippen LogP contribution in [0.1, 0.15) is 10.4 Å². The number of benzene rings is 1. The molecular formula is C9H7BCl3NO2. The number of primary amides is 1. The van der Waals surface area contributed by atoms with Crippen molar-refractivity contribution in [3.8, 4) is 0 Å². The van der Waals surface area contributed by atoms with E-state index < -0.39 is 10.9 Å². The number of amides is 1. The summed E-state index contributed by atoms with van der Waals surface area (Å²) in [6.45, 7) is 0. The Kier molecular flexibility index (Phi) is 4.99. The van der Waals surface area contributed by atoms with E-state index >= 15 is 0 Å². The number of carbonyl (C=O) groups is 1. The second-order valence-corrected chi connectivity index (χ2v) is 4.74. The molecule has 1 aromatic heterocycles. The van der Waals surface area contributed by atoms with Crippen LogP contribution in [0.2, 0.25) is 0 Å². The number of rotatable bonds is 1. The van der Waals surface area contributed by atoms with E-state index in [0.29, 0.717) is 11.1 Å². The molecule has 0 aliphatic heterocycles. The van der Waals surface area contributed by atoms with Gasteiger partial charge in [-0.1, -0.05) is 18.2 Å². The molecule has 2 N–H and O–H groups in total. The highest BCUT2D eigenvalue weighted by Gasteiger charge is 2.08. The predicted molar refractivity (Wildman–Crippen MR) is 68.0 cm³/mol. The van der Waals surface area contributed by atoms with Crippen molar-refractivity contribution in [3.05, 3.63) is 36.1 Å². The molecule has 0 fully saturated rings. The fourth-order valence-corrected chi connectivity index (χ4v) is 1.17. The third-order valence-electron chi connectivity index (χ3n) is 1.75. The molecule has 16 heavy (non-hydrogen) atoms. The largest absolute Gasteiger partial charge is 0.463 e. The van der Waals surface area contributed by atoms with Gasteiger partial charge in [-0.25, -0.2) is 0 Å². The highest BCUT2D eigenvalue weighted by molar-refractivity contribution is 7.54. The number of hydrogen-bond donors (Lipinski definition) is 1. The topological polar surface area (TPSA) is 56.2 Å². The summed E-state index contributed by atoms with van der Waals surface area (Å²) in [4.78, 5) is 10.1. The third-order valence-corrected chi connectivity index (χ3v) is 1.75. The van der Waals surface area contributed by atoms with Gasteiger partial charge in [0.2, 0.25) is 0 Å². The summed E-state index contributed by atoms with van der Waals surface area (Å²) < 4.78 is 5.11. The van der Waals surface area contributed by atoms with E-state index in [1.54, 1.807) is 12.1 Å². The van der Waals surface area contributed by atoms with Gasteiger partial charge < -0.3 is 10.2 Å². The third kappa shape index (κ3) is 3.63. The van der Waals surface area contributed by atoms with Gasteiger partial charge in [0.05, 0.1) is 5.56 Å². The zero-order valence-corrected chi connectivity index (χ0v) is 10.3. The molecule has 1 amide bonds. The Balaban J connectivity index is 0.000000280. The molecule has 0 spiro atoms. The standard InChI is InChI=1S/C9H7NO2.BCl3/c10-9(11)7-5-12-8-4-2-1-3-6(7)8;2-1(3)4/h1-5H,(H2,10,11);. The Bertz CT molecular complexity index is 484. The number of nitrogens with two attached hydrogens (primary N) is 1. The quantitative estimate of drug-likeness (QED) is 0.814. The van der Waals surface area contributed by atoms with Crippen molar-refractivity contribution in [3.63, 3.8) is 0 Å². The van der Waals surface area contributed by atoms with Gasteiger partial charge in [0, 0.05) is 5.39 Å². The summed E-state index contributed by atoms with van der Waals surface area (Å²) in [6, 6.07) is 7.28. The van der Waals surface area contributed by atoms with E-state index in [1.807, 2.05) is 12.1 Å². The summed E-state index contributed by atoms with van der Waals surface area (Å²) in [6.07, 6.45) is 1.38. The van der Waals surface area contributed by atoms with Crippen molar-refractivity contribution in [2.24, 2.45) is 5.73 Å². The number of carbonyl (C=O) groups excluding carboxylic acids is 1. The fourth-order valence-electron chi connectivity index (χ4n) is 1.17. The number of hydrogen-bond acceptors (Lipinski definition) is 2. The summed E-state index contributed by atoms with van der Waals surface area (Å²) in [7, 11) is 0. The molecule has 0 aliphatic rings. The molecule has 0 unspecified atom stereocenters. The Morgan fingerprint density at radius 3 is 2.38 bits per heavy atom. The number of halogens is 3. The van der Waals surface area contributed by atoms with E-state index in [9.17, 15) is 4.79 Å². The van der Waals surface area contributed by atoms with Crippen LogP contribution in [0, 0.1) is 0 Å². The van der Waals surface area contributed by atoms with Gasteiger partial charge in [-0.3, -0.25) is 4.79 Å². The van der Waals surface area contributed by atoms with E-state index in [-0.39, 0.29) is 0 Å². The second-order valence-electron chi connectivity index (χ2n) is 2.76. The molecule has 0 saturated heterocycles. The van der Waals surface area contributed by atoms with Crippen LogP contribution >= 0.6 is 34.4 Å². The Morgan fingerprint density at radius 2 is 1.81 bits per heavy atom. The molecule has 2 rings (SSSR count). The second kappa shape index (κ2) is 6.04. The molecule has 1 aromatic carbocycles. The number of fused-ring (bicyclic) bond motifs is 1. The molecule has 0 aliphatic carbocycles. The molecule has 0 bridgehead atoms. The van der Waals surface area contributed by atoms with Gasteiger partial charge in [0.15, 0.2) is 0 Å². The predicted octanol–water partition coefficient (Wildman–Crippen LogP) is 3.22. The molecule has 0 saturated carbocycles. The van der Waals surface area contributed by atoms with Crippen molar-refractivity contribution < 1.29 is 9.21 Å². The molecule has 84 valence electrons. The first kappa shape index (κ1) is 13.2. The maximum atomic E-state index is 10.8. The van der Waals surface area contributed by atoms with Gasteiger partial charge in [-0.05, 0) is 6.07 Å². The zero-order valence-electron chi connectivity index (χ0n) is 7.99. The Morgan fingerprint density at radius 1 is 1.25 bits per heavy atom.